The fourth-order valence-electron chi connectivity index (χ4n) is 1.25. The van der Waals surface area contributed by atoms with Crippen molar-refractivity contribution >= 4 is 5.71 Å². The molecule has 13 heavy (non-hydrogen) atoms. The summed E-state index contributed by atoms with van der Waals surface area (Å²) in [5.74, 6) is 1.08. The van der Waals surface area contributed by atoms with Gasteiger partial charge in [-0.3, -0.25) is 0 Å². The minimum atomic E-state index is -2.35. The first-order valence-corrected chi connectivity index (χ1v) is 4.62. The zero-order chi connectivity index (χ0) is 10.0. The molecular weight excluding hydrogens is 174 g/mol. The highest BCUT2D eigenvalue weighted by molar-refractivity contribution is 5.92. The SMILES string of the molecule is CC1C/C(=N\NC(C)C(F)F)C1C. The highest BCUT2D eigenvalue weighted by Crippen LogP contribution is 2.30. The molecule has 0 amide bonds. The van der Waals surface area contributed by atoms with E-state index in [-0.39, 0.29) is 0 Å². The van der Waals surface area contributed by atoms with Gasteiger partial charge in [0.15, 0.2) is 0 Å². The number of nitrogens with zero attached hydrogens (tertiary/aromatic N) is 1. The molecule has 1 fully saturated rings. The maximum Gasteiger partial charge on any atom is 0.259 e. The van der Waals surface area contributed by atoms with E-state index in [4.69, 9.17) is 0 Å². The predicted octanol–water partition coefficient (Wildman–Crippen LogP) is 2.26. The molecule has 0 bridgehead atoms. The quantitative estimate of drug-likeness (QED) is 0.678. The summed E-state index contributed by atoms with van der Waals surface area (Å²) in [5, 5.41) is 3.97. The second-order valence-corrected chi connectivity index (χ2v) is 3.83. The predicted molar refractivity (Wildman–Crippen MR) is 49.0 cm³/mol. The molecule has 0 spiro atoms. The molecule has 2 nitrogen and oxygen atoms in total. The lowest BCUT2D eigenvalue weighted by atomic mass is 9.74. The van der Waals surface area contributed by atoms with Crippen molar-refractivity contribution < 1.29 is 8.78 Å². The van der Waals surface area contributed by atoms with Crippen LogP contribution in [0.4, 0.5) is 8.78 Å². The van der Waals surface area contributed by atoms with Gasteiger partial charge in [0.05, 0.1) is 0 Å². The van der Waals surface area contributed by atoms with Crippen molar-refractivity contribution in [2.75, 3.05) is 0 Å². The van der Waals surface area contributed by atoms with Gasteiger partial charge in [-0.1, -0.05) is 13.8 Å². The van der Waals surface area contributed by atoms with E-state index in [1.807, 2.05) is 0 Å². The molecule has 1 N–H and O–H groups in total. The summed E-state index contributed by atoms with van der Waals surface area (Å²) in [7, 11) is 0. The first-order chi connectivity index (χ1) is 6.02. The first kappa shape index (κ1) is 10.4. The smallest absolute Gasteiger partial charge is 0.259 e. The summed E-state index contributed by atoms with van der Waals surface area (Å²) in [6, 6.07) is -0.851. The molecule has 0 aliphatic heterocycles. The topological polar surface area (TPSA) is 24.4 Å². The third kappa shape index (κ3) is 2.39. The monoisotopic (exact) mass is 190 g/mol. The molecule has 0 radical (unpaired) electrons. The molecule has 1 aliphatic carbocycles. The van der Waals surface area contributed by atoms with Crippen molar-refractivity contribution in [3.63, 3.8) is 0 Å². The van der Waals surface area contributed by atoms with E-state index in [1.165, 1.54) is 6.92 Å². The summed E-state index contributed by atoms with van der Waals surface area (Å²) in [5.41, 5.74) is 3.49. The number of alkyl halides is 2. The van der Waals surface area contributed by atoms with E-state index in [0.717, 1.165) is 12.1 Å². The number of halogens is 2. The van der Waals surface area contributed by atoms with Gasteiger partial charge in [-0.2, -0.15) is 5.10 Å². The third-order valence-corrected chi connectivity index (χ3v) is 2.70. The average molecular weight is 190 g/mol. The molecule has 0 aromatic rings. The number of hydrogen-bond acceptors (Lipinski definition) is 2. The Morgan fingerprint density at radius 1 is 1.46 bits per heavy atom. The lowest BCUT2D eigenvalue weighted by molar-refractivity contribution is 0.106. The van der Waals surface area contributed by atoms with E-state index < -0.39 is 12.5 Å². The Bertz CT molecular complexity index is 204. The maximum atomic E-state index is 12.0. The molecule has 76 valence electrons. The van der Waals surface area contributed by atoms with E-state index >= 15 is 0 Å². The van der Waals surface area contributed by atoms with Crippen LogP contribution in [0, 0.1) is 11.8 Å². The van der Waals surface area contributed by atoms with Crippen molar-refractivity contribution in [2.24, 2.45) is 16.9 Å². The Labute approximate surface area is 77.4 Å². The maximum absolute atomic E-state index is 12.0. The van der Waals surface area contributed by atoms with Crippen molar-refractivity contribution in [1.29, 1.82) is 0 Å². The van der Waals surface area contributed by atoms with Crippen LogP contribution in [0.5, 0.6) is 0 Å². The van der Waals surface area contributed by atoms with E-state index in [2.05, 4.69) is 24.4 Å². The van der Waals surface area contributed by atoms with Crippen molar-refractivity contribution in [2.45, 2.75) is 39.7 Å². The van der Waals surface area contributed by atoms with Gasteiger partial charge in [0.1, 0.15) is 6.04 Å². The highest BCUT2D eigenvalue weighted by Gasteiger charge is 2.30. The molecule has 1 saturated carbocycles. The van der Waals surface area contributed by atoms with E-state index in [1.54, 1.807) is 0 Å². The number of nitrogens with one attached hydrogen (secondary N) is 1. The van der Waals surface area contributed by atoms with Crippen molar-refractivity contribution in [3.8, 4) is 0 Å². The minimum Gasteiger partial charge on any atom is -0.302 e. The Balaban J connectivity index is 2.33. The Morgan fingerprint density at radius 3 is 2.46 bits per heavy atom. The van der Waals surface area contributed by atoms with Crippen LogP contribution < -0.4 is 5.43 Å². The van der Waals surface area contributed by atoms with Gasteiger partial charge in [-0.25, -0.2) is 8.78 Å². The normalized spacial score (nSPS) is 33.2. The van der Waals surface area contributed by atoms with Crippen LogP contribution >= 0.6 is 0 Å². The molecule has 3 atom stereocenters. The van der Waals surface area contributed by atoms with Gasteiger partial charge in [0.25, 0.3) is 6.43 Å². The van der Waals surface area contributed by atoms with Crippen molar-refractivity contribution in [3.05, 3.63) is 0 Å². The fourth-order valence-corrected chi connectivity index (χ4v) is 1.25. The summed E-state index contributed by atoms with van der Waals surface area (Å²) in [6.45, 7) is 5.64. The fraction of sp³-hybridized carbons (Fsp3) is 0.889. The molecule has 3 unspecified atom stereocenters. The molecule has 1 aliphatic rings. The Morgan fingerprint density at radius 2 is 2.08 bits per heavy atom. The second kappa shape index (κ2) is 4.03. The van der Waals surface area contributed by atoms with Crippen LogP contribution in [-0.2, 0) is 0 Å². The van der Waals surface area contributed by atoms with Crippen LogP contribution in [0.1, 0.15) is 27.2 Å². The van der Waals surface area contributed by atoms with Crippen LogP contribution in [0.25, 0.3) is 0 Å². The average Bonchev–Trinajstić information content (AvgIpc) is 2.10. The van der Waals surface area contributed by atoms with Crippen LogP contribution in [0.2, 0.25) is 0 Å². The second-order valence-electron chi connectivity index (χ2n) is 3.83. The van der Waals surface area contributed by atoms with Gasteiger partial charge < -0.3 is 5.43 Å². The number of rotatable bonds is 3. The van der Waals surface area contributed by atoms with E-state index in [9.17, 15) is 8.78 Å². The Kier molecular flexibility index (Phi) is 3.22. The largest absolute Gasteiger partial charge is 0.302 e. The van der Waals surface area contributed by atoms with Crippen LogP contribution in [0.15, 0.2) is 5.10 Å². The lowest BCUT2D eigenvalue weighted by Gasteiger charge is -2.32. The number of hydrogen-bond donors (Lipinski definition) is 1. The molecule has 0 heterocycles. The third-order valence-electron chi connectivity index (χ3n) is 2.70. The van der Waals surface area contributed by atoms with Crippen LogP contribution in [0.3, 0.4) is 0 Å². The molecule has 0 aromatic heterocycles. The summed E-state index contributed by atoms with van der Waals surface area (Å²) in [6.07, 6.45) is -1.42. The van der Waals surface area contributed by atoms with Gasteiger partial charge in [-0.05, 0) is 25.2 Å². The molecule has 0 aromatic carbocycles. The van der Waals surface area contributed by atoms with Gasteiger partial charge in [0, 0.05) is 5.71 Å². The standard InChI is InChI=1S/C9H16F2N2/c1-5-4-8(6(5)2)13-12-7(3)9(10)11/h5-7,9,12H,4H2,1-3H3/b13-8+. The lowest BCUT2D eigenvalue weighted by Crippen LogP contribution is -2.37. The molecule has 0 saturated heterocycles. The summed E-state index contributed by atoms with van der Waals surface area (Å²) < 4.78 is 24.1. The summed E-state index contributed by atoms with van der Waals surface area (Å²) in [4.78, 5) is 0. The zero-order valence-corrected chi connectivity index (χ0v) is 8.22. The van der Waals surface area contributed by atoms with Crippen LogP contribution in [-0.4, -0.2) is 18.2 Å². The number of hydrazone groups is 1. The molecule has 4 heteroatoms. The molecule has 1 rings (SSSR count). The van der Waals surface area contributed by atoms with Crippen molar-refractivity contribution in [1.82, 2.24) is 5.43 Å². The first-order valence-electron chi connectivity index (χ1n) is 4.62. The van der Waals surface area contributed by atoms with E-state index in [0.29, 0.717) is 11.8 Å². The Hall–Kier alpha value is -0.670. The van der Waals surface area contributed by atoms with Gasteiger partial charge >= 0.3 is 0 Å². The minimum absolute atomic E-state index is 0.442. The summed E-state index contributed by atoms with van der Waals surface area (Å²) >= 11 is 0. The van der Waals surface area contributed by atoms with Gasteiger partial charge in [0.2, 0.25) is 0 Å². The highest BCUT2D eigenvalue weighted by atomic mass is 19.3. The molecular formula is C9H16F2N2. The zero-order valence-electron chi connectivity index (χ0n) is 8.22. The van der Waals surface area contributed by atoms with Gasteiger partial charge in [-0.15, -0.1) is 0 Å².